The molecule has 3 rings (SSSR count). The van der Waals surface area contributed by atoms with Gasteiger partial charge in [0.15, 0.2) is 0 Å². The van der Waals surface area contributed by atoms with Crippen LogP contribution in [0, 0.1) is 5.92 Å². The quantitative estimate of drug-likeness (QED) is 0.871. The van der Waals surface area contributed by atoms with Crippen LogP contribution in [0.2, 0.25) is 0 Å². The average molecular weight is 369 g/mol. The van der Waals surface area contributed by atoms with Crippen LogP contribution in [0.5, 0.6) is 0 Å². The van der Waals surface area contributed by atoms with Crippen molar-refractivity contribution in [2.45, 2.75) is 63.2 Å². The first-order chi connectivity index (χ1) is 12.3. The number of benzene rings is 1. The van der Waals surface area contributed by atoms with Gasteiger partial charge >= 0.3 is 12.1 Å². The molecule has 3 unspecified atom stereocenters. The first kappa shape index (κ1) is 18.7. The maximum atomic E-state index is 12.9. The summed E-state index contributed by atoms with van der Waals surface area (Å²) in [6.45, 7) is 0. The predicted octanol–water partition coefficient (Wildman–Crippen LogP) is 4.04. The maximum absolute atomic E-state index is 12.9. The second-order valence-electron chi connectivity index (χ2n) is 7.23. The number of hydrogen-bond acceptors (Lipinski definition) is 2. The van der Waals surface area contributed by atoms with E-state index in [2.05, 4.69) is 0 Å². The molecule has 1 aliphatic heterocycles. The third kappa shape index (κ3) is 4.02. The van der Waals surface area contributed by atoms with Gasteiger partial charge in [-0.15, -0.1) is 0 Å². The number of aryl methyl sites for hydroxylation is 1. The first-order valence-electron chi connectivity index (χ1n) is 8.97. The van der Waals surface area contributed by atoms with Crippen molar-refractivity contribution in [3.8, 4) is 0 Å². The van der Waals surface area contributed by atoms with Gasteiger partial charge in [0.05, 0.1) is 0 Å². The molecule has 142 valence electrons. The molecule has 2 aliphatic rings. The van der Waals surface area contributed by atoms with Crippen LogP contribution in [0.25, 0.3) is 0 Å². The van der Waals surface area contributed by atoms with E-state index >= 15 is 0 Å². The van der Waals surface area contributed by atoms with Crippen LogP contribution in [0.4, 0.5) is 13.2 Å². The number of carboxylic acid groups (broad SMARTS) is 1. The van der Waals surface area contributed by atoms with Crippen LogP contribution in [0.3, 0.4) is 0 Å². The lowest BCUT2D eigenvalue weighted by Gasteiger charge is -2.33. The fourth-order valence-electron chi connectivity index (χ4n) is 4.22. The van der Waals surface area contributed by atoms with Crippen LogP contribution in [-0.4, -0.2) is 40.1 Å². The van der Waals surface area contributed by atoms with Crippen molar-refractivity contribution in [3.05, 3.63) is 35.4 Å². The second-order valence-corrected chi connectivity index (χ2v) is 7.23. The summed E-state index contributed by atoms with van der Waals surface area (Å²) in [6.07, 6.45) is -0.985. The monoisotopic (exact) mass is 369 g/mol. The third-order valence-electron chi connectivity index (χ3n) is 5.51. The zero-order chi connectivity index (χ0) is 18.9. The smallest absolute Gasteiger partial charge is 0.389 e. The summed E-state index contributed by atoms with van der Waals surface area (Å²) >= 11 is 0. The molecule has 1 amide bonds. The van der Waals surface area contributed by atoms with Gasteiger partial charge in [-0.3, -0.25) is 4.79 Å². The summed E-state index contributed by atoms with van der Waals surface area (Å²) in [5.74, 6) is -1.11. The number of fused-ring (bicyclic) bond motifs is 1. The summed E-state index contributed by atoms with van der Waals surface area (Å²) in [6, 6.07) is 5.17. The molecule has 0 bridgehead atoms. The molecule has 1 aromatic carbocycles. The van der Waals surface area contributed by atoms with E-state index in [4.69, 9.17) is 0 Å². The molecule has 0 radical (unpaired) electrons. The van der Waals surface area contributed by atoms with E-state index in [1.807, 2.05) is 0 Å². The highest BCUT2D eigenvalue weighted by Crippen LogP contribution is 2.40. The Morgan fingerprint density at radius 1 is 1.12 bits per heavy atom. The maximum Gasteiger partial charge on any atom is 0.389 e. The molecule has 1 saturated carbocycles. The zero-order valence-electron chi connectivity index (χ0n) is 14.3. The van der Waals surface area contributed by atoms with E-state index in [0.717, 1.165) is 25.7 Å². The van der Waals surface area contributed by atoms with Gasteiger partial charge in [-0.05, 0) is 49.3 Å². The van der Waals surface area contributed by atoms with E-state index in [1.165, 1.54) is 29.2 Å². The number of alkyl halides is 3. The number of amides is 1. The summed E-state index contributed by atoms with van der Waals surface area (Å²) in [5.41, 5.74) is 0.837. The van der Waals surface area contributed by atoms with E-state index in [1.54, 1.807) is 0 Å². The molecular formula is C19H22F3NO3. The normalized spacial score (nSPS) is 25.8. The molecule has 4 nitrogen and oxygen atoms in total. The van der Waals surface area contributed by atoms with Crippen LogP contribution in [0.1, 0.15) is 54.4 Å². The Morgan fingerprint density at radius 3 is 2.38 bits per heavy atom. The number of hydrogen-bond donors (Lipinski definition) is 1. The van der Waals surface area contributed by atoms with Gasteiger partial charge in [-0.2, -0.15) is 13.2 Å². The van der Waals surface area contributed by atoms with Crippen molar-refractivity contribution in [1.82, 2.24) is 4.90 Å². The van der Waals surface area contributed by atoms with Crippen LogP contribution in [-0.2, 0) is 11.2 Å². The van der Waals surface area contributed by atoms with Crippen LogP contribution in [0.15, 0.2) is 24.3 Å². The number of aliphatic carboxylic acids is 1. The van der Waals surface area contributed by atoms with Crippen molar-refractivity contribution in [3.63, 3.8) is 0 Å². The number of halogens is 3. The van der Waals surface area contributed by atoms with Crippen molar-refractivity contribution >= 4 is 11.9 Å². The van der Waals surface area contributed by atoms with Gasteiger partial charge in [-0.25, -0.2) is 4.79 Å². The zero-order valence-corrected chi connectivity index (χ0v) is 14.3. The van der Waals surface area contributed by atoms with E-state index in [-0.39, 0.29) is 24.3 Å². The molecule has 0 aromatic heterocycles. The first-order valence-corrected chi connectivity index (χ1v) is 8.97. The van der Waals surface area contributed by atoms with Gasteiger partial charge in [0.2, 0.25) is 0 Å². The Labute approximate surface area is 150 Å². The SMILES string of the molecule is O=C(O)C1CC2CCCCC2N1C(=O)c1ccc(CCC(F)(F)F)cc1. The average Bonchev–Trinajstić information content (AvgIpc) is 2.99. The molecule has 1 heterocycles. The number of likely N-dealkylation sites (tertiary alicyclic amines) is 1. The molecule has 1 N–H and O–H groups in total. The molecule has 1 saturated heterocycles. The van der Waals surface area contributed by atoms with Gasteiger partial charge in [0.1, 0.15) is 6.04 Å². The van der Waals surface area contributed by atoms with Crippen LogP contribution < -0.4 is 0 Å². The predicted molar refractivity (Wildman–Crippen MR) is 88.8 cm³/mol. The van der Waals surface area contributed by atoms with Crippen LogP contribution >= 0.6 is 0 Å². The Hall–Kier alpha value is -2.05. The standard InChI is InChI=1S/C19H22F3NO3/c20-19(21,22)10-9-12-5-7-13(8-6-12)17(24)23-15-4-2-1-3-14(15)11-16(23)18(25)26/h5-8,14-16H,1-4,9-11H2,(H,25,26). The highest BCUT2D eigenvalue weighted by Gasteiger charge is 2.47. The van der Waals surface area contributed by atoms with Gasteiger partial charge in [0, 0.05) is 18.0 Å². The van der Waals surface area contributed by atoms with Gasteiger partial charge in [0.25, 0.3) is 5.91 Å². The summed E-state index contributed by atoms with van der Waals surface area (Å²) in [5, 5.41) is 9.52. The Morgan fingerprint density at radius 2 is 1.77 bits per heavy atom. The van der Waals surface area contributed by atoms with Gasteiger partial charge in [-0.1, -0.05) is 25.0 Å². The van der Waals surface area contributed by atoms with Crippen molar-refractivity contribution in [2.24, 2.45) is 5.92 Å². The minimum Gasteiger partial charge on any atom is -0.480 e. The molecule has 7 heteroatoms. The van der Waals surface area contributed by atoms with E-state index in [0.29, 0.717) is 17.5 Å². The van der Waals surface area contributed by atoms with E-state index in [9.17, 15) is 27.9 Å². The minimum absolute atomic E-state index is 0.0535. The highest BCUT2D eigenvalue weighted by atomic mass is 19.4. The summed E-state index contributed by atoms with van der Waals surface area (Å²) in [7, 11) is 0. The second kappa shape index (κ2) is 7.29. The molecule has 26 heavy (non-hydrogen) atoms. The number of carboxylic acids is 1. The Kier molecular flexibility index (Phi) is 5.25. The summed E-state index contributed by atoms with van der Waals surface area (Å²) < 4.78 is 36.9. The number of rotatable bonds is 4. The fourth-order valence-corrected chi connectivity index (χ4v) is 4.22. The van der Waals surface area contributed by atoms with Crippen molar-refractivity contribution in [2.75, 3.05) is 0 Å². The minimum atomic E-state index is -4.21. The molecule has 3 atom stereocenters. The number of carbonyl (C=O) groups excluding carboxylic acids is 1. The number of carbonyl (C=O) groups is 2. The van der Waals surface area contributed by atoms with Crippen molar-refractivity contribution < 1.29 is 27.9 Å². The lowest BCUT2D eigenvalue weighted by molar-refractivity contribution is -0.141. The third-order valence-corrected chi connectivity index (χ3v) is 5.51. The highest BCUT2D eigenvalue weighted by molar-refractivity contribution is 5.97. The Balaban J connectivity index is 1.75. The Bertz CT molecular complexity index is 672. The summed E-state index contributed by atoms with van der Waals surface area (Å²) in [4.78, 5) is 26.0. The fraction of sp³-hybridized carbons (Fsp3) is 0.579. The largest absolute Gasteiger partial charge is 0.480 e. The number of nitrogens with zero attached hydrogens (tertiary/aromatic N) is 1. The molecule has 2 fully saturated rings. The molecule has 0 spiro atoms. The molecule has 1 aromatic rings. The molecular weight excluding hydrogens is 347 g/mol. The van der Waals surface area contributed by atoms with E-state index < -0.39 is 24.6 Å². The van der Waals surface area contributed by atoms with Crippen molar-refractivity contribution in [1.29, 1.82) is 0 Å². The van der Waals surface area contributed by atoms with Gasteiger partial charge < -0.3 is 10.0 Å². The molecule has 1 aliphatic carbocycles. The lowest BCUT2D eigenvalue weighted by Crippen LogP contribution is -2.46. The lowest BCUT2D eigenvalue weighted by atomic mass is 9.84. The topological polar surface area (TPSA) is 57.6 Å².